The number of methoxy groups -OCH3 is 1. The third-order valence-electron chi connectivity index (χ3n) is 5.77. The molecule has 168 valence electrons. The number of carbonyl (C=O) groups excluding carboxylic acids is 1. The summed E-state index contributed by atoms with van der Waals surface area (Å²) in [7, 11) is -2.52. The number of benzene rings is 2. The van der Waals surface area contributed by atoms with Gasteiger partial charge < -0.3 is 4.74 Å². The number of nitrogens with one attached hydrogen (secondary N) is 1. The van der Waals surface area contributed by atoms with Crippen LogP contribution in [0.2, 0.25) is 0 Å². The number of ether oxygens (including phenoxy) is 1. The molecule has 3 aromatic rings. The van der Waals surface area contributed by atoms with Gasteiger partial charge in [-0.3, -0.25) is 10.0 Å². The SMILES string of the molecule is COc1ccc(S(=O)(=O)N2CCc3sccc3C(Cc3ccccc3)C2C(=O)NO)cc1. The average Bonchev–Trinajstić information content (AvgIpc) is 3.23. The molecule has 2 aromatic carbocycles. The summed E-state index contributed by atoms with van der Waals surface area (Å²) in [6.45, 7) is 0.130. The molecule has 2 heterocycles. The van der Waals surface area contributed by atoms with Crippen LogP contribution in [0.4, 0.5) is 0 Å². The van der Waals surface area contributed by atoms with Crippen LogP contribution < -0.4 is 10.2 Å². The zero-order valence-electron chi connectivity index (χ0n) is 17.5. The van der Waals surface area contributed by atoms with Crippen molar-refractivity contribution in [1.29, 1.82) is 0 Å². The maximum atomic E-state index is 13.7. The second-order valence-electron chi connectivity index (χ2n) is 7.56. The van der Waals surface area contributed by atoms with Crippen molar-refractivity contribution in [3.05, 3.63) is 82.0 Å². The highest BCUT2D eigenvalue weighted by atomic mass is 32.2. The van der Waals surface area contributed by atoms with Crippen LogP contribution in [0.15, 0.2) is 70.9 Å². The van der Waals surface area contributed by atoms with Gasteiger partial charge in [0, 0.05) is 17.3 Å². The summed E-state index contributed by atoms with van der Waals surface area (Å²) < 4.78 is 33.7. The van der Waals surface area contributed by atoms with Crippen molar-refractivity contribution in [3.63, 3.8) is 0 Å². The Bertz CT molecular complexity index is 1180. The van der Waals surface area contributed by atoms with Crippen molar-refractivity contribution in [2.45, 2.75) is 29.7 Å². The van der Waals surface area contributed by atoms with E-state index in [1.54, 1.807) is 28.9 Å². The molecule has 0 saturated carbocycles. The molecule has 7 nitrogen and oxygen atoms in total. The molecule has 0 aliphatic carbocycles. The number of amides is 1. The molecular formula is C23H24N2O5S2. The van der Waals surface area contributed by atoms with E-state index < -0.39 is 27.9 Å². The highest BCUT2D eigenvalue weighted by molar-refractivity contribution is 7.89. The molecule has 2 N–H and O–H groups in total. The molecule has 32 heavy (non-hydrogen) atoms. The van der Waals surface area contributed by atoms with Crippen molar-refractivity contribution >= 4 is 27.3 Å². The lowest BCUT2D eigenvalue weighted by molar-refractivity contribution is -0.133. The fourth-order valence-corrected chi connectivity index (χ4v) is 6.80. The van der Waals surface area contributed by atoms with Gasteiger partial charge >= 0.3 is 0 Å². The Hall–Kier alpha value is -2.72. The Morgan fingerprint density at radius 2 is 1.88 bits per heavy atom. The lowest BCUT2D eigenvalue weighted by Crippen LogP contribution is -2.52. The number of rotatable bonds is 6. The monoisotopic (exact) mass is 472 g/mol. The summed E-state index contributed by atoms with van der Waals surface area (Å²) in [5, 5.41) is 11.5. The van der Waals surface area contributed by atoms with Crippen molar-refractivity contribution in [3.8, 4) is 5.75 Å². The van der Waals surface area contributed by atoms with Crippen LogP contribution in [-0.2, 0) is 27.7 Å². The molecule has 0 fully saturated rings. The predicted molar refractivity (Wildman–Crippen MR) is 122 cm³/mol. The first kappa shape index (κ1) is 22.5. The van der Waals surface area contributed by atoms with Crippen LogP contribution in [0.3, 0.4) is 0 Å². The Labute approximate surface area is 191 Å². The van der Waals surface area contributed by atoms with E-state index in [0.717, 1.165) is 16.0 Å². The number of nitrogens with zero attached hydrogens (tertiary/aromatic N) is 1. The average molecular weight is 473 g/mol. The van der Waals surface area contributed by atoms with E-state index in [0.29, 0.717) is 18.6 Å². The van der Waals surface area contributed by atoms with E-state index in [-0.39, 0.29) is 11.4 Å². The molecule has 0 spiro atoms. The number of hydrogen-bond acceptors (Lipinski definition) is 6. The summed E-state index contributed by atoms with van der Waals surface area (Å²) in [6, 6.07) is 16.6. The van der Waals surface area contributed by atoms with E-state index in [2.05, 4.69) is 0 Å². The second-order valence-corrected chi connectivity index (χ2v) is 10.4. The van der Waals surface area contributed by atoms with E-state index in [4.69, 9.17) is 4.74 Å². The predicted octanol–water partition coefficient (Wildman–Crippen LogP) is 3.20. The lowest BCUT2D eigenvalue weighted by atomic mass is 9.86. The van der Waals surface area contributed by atoms with Gasteiger partial charge in [-0.2, -0.15) is 4.31 Å². The number of hydrogen-bond donors (Lipinski definition) is 2. The molecular weight excluding hydrogens is 448 g/mol. The van der Waals surface area contributed by atoms with Gasteiger partial charge in [-0.25, -0.2) is 13.9 Å². The van der Waals surface area contributed by atoms with Gasteiger partial charge in [0.1, 0.15) is 11.8 Å². The van der Waals surface area contributed by atoms with Gasteiger partial charge in [0.15, 0.2) is 0 Å². The quantitative estimate of drug-likeness (QED) is 0.424. The zero-order chi connectivity index (χ0) is 22.7. The van der Waals surface area contributed by atoms with Crippen molar-refractivity contribution in [2.75, 3.05) is 13.7 Å². The summed E-state index contributed by atoms with van der Waals surface area (Å²) in [4.78, 5) is 14.1. The number of thiophene rings is 1. The first-order valence-electron chi connectivity index (χ1n) is 10.2. The Balaban J connectivity index is 1.81. The van der Waals surface area contributed by atoms with Crippen LogP contribution in [0.25, 0.3) is 0 Å². The smallest absolute Gasteiger partial charge is 0.262 e. The Morgan fingerprint density at radius 3 is 2.53 bits per heavy atom. The maximum Gasteiger partial charge on any atom is 0.262 e. The van der Waals surface area contributed by atoms with Crippen LogP contribution >= 0.6 is 11.3 Å². The Morgan fingerprint density at radius 1 is 1.16 bits per heavy atom. The highest BCUT2D eigenvalue weighted by Gasteiger charge is 2.44. The number of sulfonamides is 1. The van der Waals surface area contributed by atoms with Crippen LogP contribution in [0.5, 0.6) is 5.75 Å². The fraction of sp³-hybridized carbons (Fsp3) is 0.261. The minimum absolute atomic E-state index is 0.0674. The standard InChI is InChI=1S/C23H24N2O5S2/c1-30-17-7-9-18(10-8-17)32(28,29)25-13-11-21-19(12-14-31-21)20(22(25)23(26)24-27)15-16-5-3-2-4-6-16/h2-10,12,14,20,22,27H,11,13,15H2,1H3,(H,24,26). The van der Waals surface area contributed by atoms with Crippen molar-refractivity contribution < 1.29 is 23.2 Å². The third-order valence-corrected chi connectivity index (χ3v) is 8.66. The lowest BCUT2D eigenvalue weighted by Gasteiger charge is -2.33. The van der Waals surface area contributed by atoms with Gasteiger partial charge in [-0.05, 0) is 59.7 Å². The molecule has 4 rings (SSSR count). The second kappa shape index (κ2) is 9.41. The Kier molecular flexibility index (Phi) is 6.61. The minimum Gasteiger partial charge on any atom is -0.497 e. The number of carbonyl (C=O) groups is 1. The van der Waals surface area contributed by atoms with Crippen molar-refractivity contribution in [1.82, 2.24) is 9.79 Å². The number of hydroxylamine groups is 1. The van der Waals surface area contributed by atoms with Crippen LogP contribution in [-0.4, -0.2) is 43.5 Å². The van der Waals surface area contributed by atoms with Gasteiger partial charge in [-0.1, -0.05) is 30.3 Å². The summed E-state index contributed by atoms with van der Waals surface area (Å²) in [5.74, 6) is -0.669. The van der Waals surface area contributed by atoms with Gasteiger partial charge in [0.25, 0.3) is 5.91 Å². The molecule has 1 aromatic heterocycles. The molecule has 0 radical (unpaired) electrons. The molecule has 9 heteroatoms. The first-order valence-corrected chi connectivity index (χ1v) is 12.5. The highest BCUT2D eigenvalue weighted by Crippen LogP contribution is 2.38. The third kappa shape index (κ3) is 4.29. The largest absolute Gasteiger partial charge is 0.497 e. The van der Waals surface area contributed by atoms with Crippen molar-refractivity contribution in [2.24, 2.45) is 0 Å². The maximum absolute atomic E-state index is 13.7. The molecule has 0 saturated heterocycles. The van der Waals surface area contributed by atoms with Gasteiger partial charge in [0.2, 0.25) is 10.0 Å². The fourth-order valence-electron chi connectivity index (χ4n) is 4.23. The number of fused-ring (bicyclic) bond motifs is 1. The normalized spacial score (nSPS) is 19.1. The topological polar surface area (TPSA) is 95.9 Å². The van der Waals surface area contributed by atoms with E-state index in [1.807, 2.05) is 41.8 Å². The van der Waals surface area contributed by atoms with E-state index in [9.17, 15) is 18.4 Å². The van der Waals surface area contributed by atoms with Crippen LogP contribution in [0.1, 0.15) is 21.9 Å². The first-order chi connectivity index (χ1) is 15.5. The van der Waals surface area contributed by atoms with Gasteiger partial charge in [0.05, 0.1) is 12.0 Å². The van der Waals surface area contributed by atoms with Crippen LogP contribution in [0, 0.1) is 0 Å². The zero-order valence-corrected chi connectivity index (χ0v) is 19.1. The minimum atomic E-state index is -4.02. The summed E-state index contributed by atoms with van der Waals surface area (Å²) in [5.41, 5.74) is 3.64. The molecule has 0 bridgehead atoms. The molecule has 1 amide bonds. The molecule has 1 aliphatic rings. The molecule has 2 atom stereocenters. The van der Waals surface area contributed by atoms with E-state index in [1.165, 1.54) is 23.5 Å². The summed E-state index contributed by atoms with van der Waals surface area (Å²) in [6.07, 6.45) is 0.945. The molecule has 2 unspecified atom stereocenters. The van der Waals surface area contributed by atoms with E-state index >= 15 is 0 Å². The molecule has 1 aliphatic heterocycles. The summed E-state index contributed by atoms with van der Waals surface area (Å²) >= 11 is 1.56. The van der Waals surface area contributed by atoms with Gasteiger partial charge in [-0.15, -0.1) is 11.3 Å².